The normalized spacial score (nSPS) is 11.9. The molecule has 2 amide bonds. The molecule has 2 heterocycles. The van der Waals surface area contributed by atoms with E-state index in [0.29, 0.717) is 16.3 Å². The average Bonchev–Trinajstić information content (AvgIpc) is 3.41. The van der Waals surface area contributed by atoms with Crippen LogP contribution in [0.5, 0.6) is 0 Å². The molecule has 1 aromatic carbocycles. The van der Waals surface area contributed by atoms with E-state index in [0.717, 1.165) is 36.1 Å². The quantitative estimate of drug-likeness (QED) is 0.257. The van der Waals surface area contributed by atoms with Crippen LogP contribution >= 0.6 is 11.3 Å². The first kappa shape index (κ1) is 22.5. The Balaban J connectivity index is 1.71. The van der Waals surface area contributed by atoms with Gasteiger partial charge < -0.3 is 16.4 Å². The maximum Gasteiger partial charge on any atom is 0.263 e. The molecule has 3 aromatic rings. The summed E-state index contributed by atoms with van der Waals surface area (Å²) >= 11 is 1.34. The standard InChI is InChI=1S/C22H19N9O2S/c23-10-13(11-24)28-30-20-17(19(29-31-20)26-12-6-2-1-3-7-12)21(33)27-22-16(18(25)32)14-8-4-5-9-15(14)34-22/h1-3,6-7H,4-5,8-9H2,(H2,25,32)(H,27,33)(H3,26,29,30,31). The minimum absolute atomic E-state index is 0.0459. The van der Waals surface area contributed by atoms with Crippen LogP contribution in [0.3, 0.4) is 0 Å². The fourth-order valence-electron chi connectivity index (χ4n) is 3.66. The van der Waals surface area contributed by atoms with Crippen molar-refractivity contribution in [1.29, 1.82) is 10.5 Å². The van der Waals surface area contributed by atoms with Crippen molar-refractivity contribution in [3.63, 3.8) is 0 Å². The van der Waals surface area contributed by atoms with Gasteiger partial charge in [-0.25, -0.2) is 0 Å². The number of nitriles is 2. The second-order valence-electron chi connectivity index (χ2n) is 7.34. The van der Waals surface area contributed by atoms with Crippen LogP contribution in [0.15, 0.2) is 35.4 Å². The largest absolute Gasteiger partial charge is 0.365 e. The number of benzene rings is 1. The first-order valence-electron chi connectivity index (χ1n) is 10.3. The monoisotopic (exact) mass is 473 g/mol. The number of primary amides is 1. The van der Waals surface area contributed by atoms with Crippen molar-refractivity contribution in [2.75, 3.05) is 16.1 Å². The van der Waals surface area contributed by atoms with Gasteiger partial charge in [0, 0.05) is 10.6 Å². The molecule has 12 heteroatoms. The highest BCUT2D eigenvalue weighted by Gasteiger charge is 2.28. The van der Waals surface area contributed by atoms with Gasteiger partial charge in [0.1, 0.15) is 22.7 Å². The predicted molar refractivity (Wildman–Crippen MR) is 128 cm³/mol. The van der Waals surface area contributed by atoms with Gasteiger partial charge in [0.2, 0.25) is 5.71 Å². The van der Waals surface area contributed by atoms with E-state index in [1.165, 1.54) is 11.3 Å². The molecule has 0 unspecified atom stereocenters. The number of nitrogens with two attached hydrogens (primary N) is 1. The zero-order chi connectivity index (χ0) is 24.1. The van der Waals surface area contributed by atoms with Crippen molar-refractivity contribution in [3.8, 4) is 12.1 Å². The van der Waals surface area contributed by atoms with Crippen LogP contribution in [0.1, 0.15) is 44.0 Å². The number of aromatic amines is 1. The number of hydrazone groups is 1. The summed E-state index contributed by atoms with van der Waals surface area (Å²) in [7, 11) is 0. The topological polar surface area (TPSA) is 185 Å². The molecule has 2 aromatic heterocycles. The molecule has 0 spiro atoms. The van der Waals surface area contributed by atoms with Crippen LogP contribution in [-0.4, -0.2) is 27.7 Å². The number of carbonyl (C=O) groups excluding carboxylic acids is 2. The molecule has 0 saturated carbocycles. The molecule has 4 rings (SSSR count). The number of nitrogens with zero attached hydrogens (tertiary/aromatic N) is 4. The van der Waals surface area contributed by atoms with Crippen molar-refractivity contribution >= 4 is 51.2 Å². The van der Waals surface area contributed by atoms with E-state index >= 15 is 0 Å². The van der Waals surface area contributed by atoms with E-state index in [2.05, 4.69) is 31.4 Å². The number of rotatable bonds is 7. The Bertz CT molecular complexity index is 1340. The summed E-state index contributed by atoms with van der Waals surface area (Å²) < 4.78 is 0. The second-order valence-corrected chi connectivity index (χ2v) is 8.45. The number of H-pyrrole nitrogens is 1. The van der Waals surface area contributed by atoms with E-state index in [4.69, 9.17) is 16.3 Å². The zero-order valence-electron chi connectivity index (χ0n) is 17.8. The summed E-state index contributed by atoms with van der Waals surface area (Å²) in [6.07, 6.45) is 3.53. The van der Waals surface area contributed by atoms with Gasteiger partial charge in [-0.2, -0.15) is 20.7 Å². The summed E-state index contributed by atoms with van der Waals surface area (Å²) in [5.74, 6) is -0.943. The van der Waals surface area contributed by atoms with Crippen molar-refractivity contribution in [2.24, 2.45) is 10.8 Å². The molecular weight excluding hydrogens is 454 g/mol. The second kappa shape index (κ2) is 9.85. The van der Waals surface area contributed by atoms with Crippen LogP contribution in [0, 0.1) is 22.7 Å². The number of hydrogen-bond acceptors (Lipinski definition) is 9. The molecule has 0 radical (unpaired) electrons. The number of aryl methyl sites for hydroxylation is 1. The number of amides is 2. The minimum atomic E-state index is -0.597. The van der Waals surface area contributed by atoms with Crippen molar-refractivity contribution < 1.29 is 9.59 Å². The van der Waals surface area contributed by atoms with Crippen LogP contribution in [-0.2, 0) is 12.8 Å². The highest BCUT2D eigenvalue weighted by Crippen LogP contribution is 2.38. The number of carbonyl (C=O) groups is 2. The Morgan fingerprint density at radius 1 is 1.12 bits per heavy atom. The number of hydrogen-bond donors (Lipinski definition) is 5. The minimum Gasteiger partial charge on any atom is -0.365 e. The molecule has 11 nitrogen and oxygen atoms in total. The number of thiophene rings is 1. The SMILES string of the molecule is N#CC(C#N)=NNc1[nH]nc(Nc2ccccc2)c1C(=O)Nc1sc2c(c1C(N)=O)CCCC2. The summed E-state index contributed by atoms with van der Waals surface area (Å²) in [5, 5.41) is 34.6. The van der Waals surface area contributed by atoms with Gasteiger partial charge in [-0.05, 0) is 43.4 Å². The Labute approximate surface area is 198 Å². The fourth-order valence-corrected chi connectivity index (χ4v) is 4.95. The maximum atomic E-state index is 13.4. The van der Waals surface area contributed by atoms with Crippen LogP contribution in [0.25, 0.3) is 0 Å². The average molecular weight is 474 g/mol. The zero-order valence-corrected chi connectivity index (χ0v) is 18.6. The van der Waals surface area contributed by atoms with Gasteiger partial charge in [0.15, 0.2) is 11.6 Å². The lowest BCUT2D eigenvalue weighted by Crippen LogP contribution is -2.19. The summed E-state index contributed by atoms with van der Waals surface area (Å²) in [6, 6.07) is 12.3. The molecule has 6 N–H and O–H groups in total. The summed E-state index contributed by atoms with van der Waals surface area (Å²) in [5.41, 5.74) is 9.67. The fraction of sp³-hybridized carbons (Fsp3) is 0.182. The van der Waals surface area contributed by atoms with E-state index in [1.807, 2.05) is 18.2 Å². The molecule has 0 atom stereocenters. The molecule has 0 aliphatic heterocycles. The molecule has 34 heavy (non-hydrogen) atoms. The summed E-state index contributed by atoms with van der Waals surface area (Å²) in [4.78, 5) is 26.6. The molecule has 1 aliphatic rings. The maximum absolute atomic E-state index is 13.4. The van der Waals surface area contributed by atoms with Crippen molar-refractivity contribution in [3.05, 3.63) is 51.9 Å². The third-order valence-electron chi connectivity index (χ3n) is 5.17. The van der Waals surface area contributed by atoms with Crippen molar-refractivity contribution in [2.45, 2.75) is 25.7 Å². The number of aromatic nitrogens is 2. The smallest absolute Gasteiger partial charge is 0.263 e. The third-order valence-corrected chi connectivity index (χ3v) is 6.37. The lowest BCUT2D eigenvalue weighted by atomic mass is 9.95. The Hall–Kier alpha value is -4.68. The van der Waals surface area contributed by atoms with E-state index in [1.54, 1.807) is 24.3 Å². The molecule has 0 bridgehead atoms. The number of anilines is 4. The van der Waals surface area contributed by atoms with Crippen LogP contribution in [0.4, 0.5) is 22.3 Å². The molecule has 0 fully saturated rings. The first-order chi connectivity index (χ1) is 16.5. The van der Waals surface area contributed by atoms with Crippen LogP contribution < -0.4 is 21.8 Å². The Morgan fingerprint density at radius 2 is 1.85 bits per heavy atom. The molecule has 1 aliphatic carbocycles. The molecular formula is C22H19N9O2S. The van der Waals surface area contributed by atoms with Crippen molar-refractivity contribution in [1.82, 2.24) is 10.2 Å². The summed E-state index contributed by atoms with van der Waals surface area (Å²) in [6.45, 7) is 0. The van der Waals surface area contributed by atoms with Gasteiger partial charge in [0.05, 0.1) is 5.56 Å². The predicted octanol–water partition coefficient (Wildman–Crippen LogP) is 3.26. The number of fused-ring (bicyclic) bond motifs is 1. The Morgan fingerprint density at radius 3 is 2.56 bits per heavy atom. The lowest BCUT2D eigenvalue weighted by Gasteiger charge is -2.11. The highest BCUT2D eigenvalue weighted by molar-refractivity contribution is 7.17. The highest BCUT2D eigenvalue weighted by atomic mass is 32.1. The molecule has 0 saturated heterocycles. The van der Waals surface area contributed by atoms with E-state index in [9.17, 15) is 9.59 Å². The number of para-hydroxylation sites is 1. The molecule has 170 valence electrons. The number of nitrogens with one attached hydrogen (secondary N) is 4. The first-order valence-corrected chi connectivity index (χ1v) is 11.1. The van der Waals surface area contributed by atoms with Gasteiger partial charge in [-0.15, -0.1) is 11.3 Å². The van der Waals surface area contributed by atoms with Gasteiger partial charge >= 0.3 is 0 Å². The van der Waals surface area contributed by atoms with Gasteiger partial charge in [0.25, 0.3) is 11.8 Å². The van der Waals surface area contributed by atoms with E-state index < -0.39 is 17.5 Å². The van der Waals surface area contributed by atoms with Crippen LogP contribution in [0.2, 0.25) is 0 Å². The third kappa shape index (κ3) is 4.57. The Kier molecular flexibility index (Phi) is 6.52. The van der Waals surface area contributed by atoms with Gasteiger partial charge in [-0.3, -0.25) is 20.1 Å². The van der Waals surface area contributed by atoms with Gasteiger partial charge in [-0.1, -0.05) is 18.2 Å². The van der Waals surface area contributed by atoms with E-state index in [-0.39, 0.29) is 17.2 Å². The lowest BCUT2D eigenvalue weighted by molar-refractivity contribution is 0.100.